The molecule has 2 aromatic rings. The number of carbonyl (C=O) groups excluding carboxylic acids is 1. The molecule has 0 aromatic carbocycles. The highest BCUT2D eigenvalue weighted by atomic mass is 16.1. The molecule has 2 aromatic heterocycles. The van der Waals surface area contributed by atoms with Gasteiger partial charge in [0.15, 0.2) is 6.29 Å². The Balaban J connectivity index is 0. The molecule has 2 rings (SSSR count). The van der Waals surface area contributed by atoms with E-state index in [-0.39, 0.29) is 0 Å². The average Bonchev–Trinajstić information content (AvgIpc) is 2.88. The van der Waals surface area contributed by atoms with Gasteiger partial charge in [-0.05, 0) is 12.1 Å². The molecule has 0 aliphatic rings. The van der Waals surface area contributed by atoms with E-state index in [1.807, 2.05) is 47.6 Å². The highest BCUT2D eigenvalue weighted by molar-refractivity contribution is 5.87. The van der Waals surface area contributed by atoms with Crippen LogP contribution in [0.1, 0.15) is 52.0 Å². The van der Waals surface area contributed by atoms with Crippen molar-refractivity contribution in [3.8, 4) is 0 Å². The lowest BCUT2D eigenvalue weighted by molar-refractivity contribution is 0.112. The lowest BCUT2D eigenvalue weighted by Crippen LogP contribution is -1.74. The van der Waals surface area contributed by atoms with Gasteiger partial charge in [-0.15, -0.1) is 0 Å². The van der Waals surface area contributed by atoms with Crippen molar-refractivity contribution in [3.05, 3.63) is 30.2 Å². The van der Waals surface area contributed by atoms with Gasteiger partial charge in [0, 0.05) is 11.6 Å². The Morgan fingerprint density at radius 3 is 2.18 bits per heavy atom. The number of nitrogens with zero attached hydrogens (tertiary/aromatic N) is 1. The maximum atomic E-state index is 10.3. The Bertz CT molecular complexity index is 361. The number of aromatic amines is 1. The Morgan fingerprint density at radius 2 is 1.71 bits per heavy atom. The van der Waals surface area contributed by atoms with Crippen molar-refractivity contribution in [1.82, 2.24) is 9.97 Å². The molecule has 3 nitrogen and oxygen atoms in total. The molecule has 0 atom stereocenters. The van der Waals surface area contributed by atoms with Crippen LogP contribution in [0.15, 0.2) is 24.5 Å². The highest BCUT2D eigenvalue weighted by Gasteiger charge is 1.96. The minimum absolute atomic E-state index is 0.591. The third kappa shape index (κ3) is 5.85. The summed E-state index contributed by atoms with van der Waals surface area (Å²) in [4.78, 5) is 17.2. The first-order chi connectivity index (χ1) is 8.40. The zero-order valence-corrected chi connectivity index (χ0v) is 11.7. The predicted octanol–water partition coefficient (Wildman–Crippen LogP) is 4.45. The molecule has 96 valence electrons. The number of rotatable bonds is 1. The van der Waals surface area contributed by atoms with Gasteiger partial charge in [-0.2, -0.15) is 0 Å². The van der Waals surface area contributed by atoms with Gasteiger partial charge < -0.3 is 4.98 Å². The van der Waals surface area contributed by atoms with Crippen LogP contribution in [0, 0.1) is 0 Å². The Hall–Kier alpha value is -1.64. The first-order valence-electron chi connectivity index (χ1n) is 6.28. The maximum absolute atomic E-state index is 10.3. The van der Waals surface area contributed by atoms with E-state index >= 15 is 0 Å². The van der Waals surface area contributed by atoms with E-state index in [4.69, 9.17) is 0 Å². The summed E-state index contributed by atoms with van der Waals surface area (Å²) >= 11 is 0. The number of nitrogens with one attached hydrogen (secondary N) is 1. The highest BCUT2D eigenvalue weighted by Crippen LogP contribution is 2.11. The largest absolute Gasteiger partial charge is 0.351 e. The quantitative estimate of drug-likeness (QED) is 0.743. The second-order valence-electron chi connectivity index (χ2n) is 2.31. The summed E-state index contributed by atoms with van der Waals surface area (Å²) in [6.45, 7) is 12.0. The van der Waals surface area contributed by atoms with Gasteiger partial charge in [0.05, 0.1) is 17.4 Å². The Labute approximate surface area is 104 Å². The molecule has 3 heteroatoms. The first-order valence-corrected chi connectivity index (χ1v) is 6.28. The summed E-state index contributed by atoms with van der Waals surface area (Å²) < 4.78 is 0. The monoisotopic (exact) mass is 236 g/mol. The second kappa shape index (κ2) is 12.4. The van der Waals surface area contributed by atoms with E-state index in [1.54, 1.807) is 18.5 Å². The molecule has 0 saturated heterocycles. The maximum Gasteiger partial charge on any atom is 0.166 e. The smallest absolute Gasteiger partial charge is 0.166 e. The van der Waals surface area contributed by atoms with Crippen LogP contribution in [0.4, 0.5) is 0 Å². The first kappa shape index (κ1) is 17.7. The van der Waals surface area contributed by atoms with Crippen LogP contribution in [0.2, 0.25) is 0 Å². The number of hydrogen-bond donors (Lipinski definition) is 1. The van der Waals surface area contributed by atoms with E-state index in [0.717, 1.165) is 17.2 Å². The van der Waals surface area contributed by atoms with E-state index in [9.17, 15) is 4.79 Å². The van der Waals surface area contributed by atoms with E-state index in [2.05, 4.69) is 9.97 Å². The molecule has 0 radical (unpaired) electrons. The second-order valence-corrected chi connectivity index (χ2v) is 2.31. The number of hydrogen-bond acceptors (Lipinski definition) is 2. The molecular formula is C14H24N2O. The molecule has 0 bridgehead atoms. The van der Waals surface area contributed by atoms with Gasteiger partial charge in [-0.1, -0.05) is 41.5 Å². The summed E-state index contributed by atoms with van der Waals surface area (Å²) in [7, 11) is 0. The Kier molecular flexibility index (Phi) is 13.0. The fraction of sp³-hybridized carbons (Fsp3) is 0.429. The third-order valence-electron chi connectivity index (χ3n) is 1.57. The Morgan fingerprint density at radius 1 is 1.12 bits per heavy atom. The van der Waals surface area contributed by atoms with Crippen molar-refractivity contribution in [2.45, 2.75) is 41.5 Å². The van der Waals surface area contributed by atoms with Crippen LogP contribution in [0.5, 0.6) is 0 Å². The summed E-state index contributed by atoms with van der Waals surface area (Å²) in [5.41, 5.74) is 1.49. The van der Waals surface area contributed by atoms with Crippen molar-refractivity contribution >= 4 is 17.2 Å². The number of aromatic nitrogens is 2. The normalized spacial score (nSPS) is 7.65. The summed E-state index contributed by atoms with van der Waals surface area (Å²) in [5, 5.41) is 1.02. The summed E-state index contributed by atoms with van der Waals surface area (Å²) in [6, 6.07) is 3.66. The summed E-state index contributed by atoms with van der Waals surface area (Å²) in [6.07, 6.45) is 4.19. The van der Waals surface area contributed by atoms with Crippen molar-refractivity contribution < 1.29 is 4.79 Å². The van der Waals surface area contributed by atoms with Gasteiger partial charge in [-0.3, -0.25) is 9.78 Å². The zero-order chi connectivity index (χ0) is 13.7. The van der Waals surface area contributed by atoms with Gasteiger partial charge in [-0.25, -0.2) is 0 Å². The molecule has 0 saturated carbocycles. The predicted molar refractivity (Wildman–Crippen MR) is 75.5 cm³/mol. The molecular weight excluding hydrogens is 212 g/mol. The molecule has 0 fully saturated rings. The SMILES string of the molecule is CC.CC.CC.O=Cc1cc2ccncc2[nH]1. The van der Waals surface area contributed by atoms with Crippen LogP contribution in [-0.2, 0) is 0 Å². The lowest BCUT2D eigenvalue weighted by Gasteiger charge is -1.82. The van der Waals surface area contributed by atoms with E-state index in [0.29, 0.717) is 5.69 Å². The van der Waals surface area contributed by atoms with Crippen LogP contribution in [0.25, 0.3) is 10.9 Å². The van der Waals surface area contributed by atoms with Crippen molar-refractivity contribution in [1.29, 1.82) is 0 Å². The molecule has 0 amide bonds. The number of carbonyl (C=O) groups is 1. The number of pyridine rings is 1. The topological polar surface area (TPSA) is 45.8 Å². The van der Waals surface area contributed by atoms with E-state index < -0.39 is 0 Å². The van der Waals surface area contributed by atoms with E-state index in [1.165, 1.54) is 0 Å². The fourth-order valence-electron chi connectivity index (χ4n) is 1.06. The fourth-order valence-corrected chi connectivity index (χ4v) is 1.06. The van der Waals surface area contributed by atoms with Crippen LogP contribution in [0.3, 0.4) is 0 Å². The average molecular weight is 236 g/mol. The zero-order valence-electron chi connectivity index (χ0n) is 11.7. The van der Waals surface area contributed by atoms with Crippen LogP contribution >= 0.6 is 0 Å². The molecule has 2 heterocycles. The third-order valence-corrected chi connectivity index (χ3v) is 1.57. The number of H-pyrrole nitrogens is 1. The molecule has 0 unspecified atom stereocenters. The van der Waals surface area contributed by atoms with Crippen LogP contribution in [-0.4, -0.2) is 16.3 Å². The minimum Gasteiger partial charge on any atom is -0.351 e. The standard InChI is InChI=1S/C8H6N2O.3C2H6/c11-5-7-3-6-1-2-9-4-8(6)10-7;3*1-2/h1-5,10H;3*1-2H3. The van der Waals surface area contributed by atoms with Gasteiger partial charge >= 0.3 is 0 Å². The van der Waals surface area contributed by atoms with Gasteiger partial charge in [0.1, 0.15) is 0 Å². The summed E-state index contributed by atoms with van der Waals surface area (Å²) in [5.74, 6) is 0. The minimum atomic E-state index is 0.591. The molecule has 1 N–H and O–H groups in total. The molecule has 0 aliphatic heterocycles. The molecule has 0 aliphatic carbocycles. The van der Waals surface area contributed by atoms with Crippen molar-refractivity contribution in [3.63, 3.8) is 0 Å². The molecule has 0 spiro atoms. The van der Waals surface area contributed by atoms with Crippen molar-refractivity contribution in [2.75, 3.05) is 0 Å². The molecule has 17 heavy (non-hydrogen) atoms. The number of aldehydes is 1. The number of fused-ring (bicyclic) bond motifs is 1. The lowest BCUT2D eigenvalue weighted by atomic mass is 10.3. The van der Waals surface area contributed by atoms with Crippen molar-refractivity contribution in [2.24, 2.45) is 0 Å². The van der Waals surface area contributed by atoms with Gasteiger partial charge in [0.2, 0.25) is 0 Å². The van der Waals surface area contributed by atoms with Gasteiger partial charge in [0.25, 0.3) is 0 Å². The van der Waals surface area contributed by atoms with Crippen LogP contribution < -0.4 is 0 Å².